The monoisotopic (exact) mass is 180 g/mol. The fourth-order valence-corrected chi connectivity index (χ4v) is 0.908. The van der Waals surface area contributed by atoms with Gasteiger partial charge >= 0.3 is 0 Å². The van der Waals surface area contributed by atoms with Crippen LogP contribution in [0.25, 0.3) is 0 Å². The van der Waals surface area contributed by atoms with Gasteiger partial charge in [-0.15, -0.1) is 0 Å². The van der Waals surface area contributed by atoms with Gasteiger partial charge in [-0.1, -0.05) is 58.0 Å². The Kier molecular flexibility index (Phi) is 7.32. The van der Waals surface area contributed by atoms with Crippen LogP contribution in [0.2, 0.25) is 0 Å². The molecule has 0 spiro atoms. The van der Waals surface area contributed by atoms with Crippen molar-refractivity contribution in [2.45, 2.75) is 33.8 Å². The molecule has 0 radical (unpaired) electrons. The summed E-state index contributed by atoms with van der Waals surface area (Å²) in [5.41, 5.74) is 1.30. The van der Waals surface area contributed by atoms with E-state index in [1.807, 2.05) is 45.9 Å². The first-order valence-corrected chi connectivity index (χ1v) is 5.13. The van der Waals surface area contributed by atoms with Crippen LogP contribution in [0.5, 0.6) is 0 Å². The third-order valence-corrected chi connectivity index (χ3v) is 1.50. The molecule has 1 heterocycles. The van der Waals surface area contributed by atoms with Crippen LogP contribution < -0.4 is 0 Å². The smallest absolute Gasteiger partial charge is 0.106 e. The van der Waals surface area contributed by atoms with E-state index in [1.165, 1.54) is 5.56 Å². The van der Waals surface area contributed by atoms with Gasteiger partial charge in [0.2, 0.25) is 0 Å². The minimum atomic E-state index is 0.409. The molecule has 0 saturated carbocycles. The second kappa shape index (κ2) is 7.81. The molecule has 1 fully saturated rings. The highest BCUT2D eigenvalue weighted by Gasteiger charge is 2.23. The second-order valence-electron chi connectivity index (χ2n) is 2.23. The lowest BCUT2D eigenvalue weighted by atomic mass is 10.2. The molecule has 0 bridgehead atoms. The lowest BCUT2D eigenvalue weighted by Gasteiger charge is -1.89. The van der Waals surface area contributed by atoms with Gasteiger partial charge in [-0.25, -0.2) is 0 Å². The Morgan fingerprint density at radius 3 is 1.85 bits per heavy atom. The fraction of sp³-hybridized carbons (Fsp3) is 0.500. The van der Waals surface area contributed by atoms with Gasteiger partial charge in [-0.2, -0.15) is 0 Å². The Bertz CT molecular complexity index is 190. The average Bonchev–Trinajstić information content (AvgIpc) is 3.09. The van der Waals surface area contributed by atoms with Crippen molar-refractivity contribution in [2.75, 3.05) is 6.61 Å². The predicted molar refractivity (Wildman–Crippen MR) is 57.8 cm³/mol. The molecule has 0 aromatic heterocycles. The zero-order valence-electron chi connectivity index (χ0n) is 9.08. The van der Waals surface area contributed by atoms with Gasteiger partial charge in [0.15, 0.2) is 0 Å². The fourth-order valence-electron chi connectivity index (χ4n) is 0.908. The van der Waals surface area contributed by atoms with E-state index < -0.39 is 0 Å². The van der Waals surface area contributed by atoms with Gasteiger partial charge in [0.05, 0.1) is 6.61 Å². The first-order chi connectivity index (χ1) is 6.47. The van der Waals surface area contributed by atoms with E-state index in [9.17, 15) is 0 Å². The predicted octanol–water partition coefficient (Wildman–Crippen LogP) is 3.81. The van der Waals surface area contributed by atoms with Crippen molar-refractivity contribution in [1.82, 2.24) is 0 Å². The van der Waals surface area contributed by atoms with E-state index in [0.717, 1.165) is 6.61 Å². The van der Waals surface area contributed by atoms with Gasteiger partial charge < -0.3 is 4.74 Å². The van der Waals surface area contributed by atoms with Gasteiger partial charge in [0, 0.05) is 0 Å². The maximum atomic E-state index is 5.09. The first kappa shape index (κ1) is 12.2. The van der Waals surface area contributed by atoms with Crippen LogP contribution in [-0.4, -0.2) is 6.61 Å². The molecule has 74 valence electrons. The molecule has 1 aromatic rings. The number of hydrogen-bond donors (Lipinski definition) is 0. The van der Waals surface area contributed by atoms with Crippen molar-refractivity contribution in [2.24, 2.45) is 0 Å². The Labute approximate surface area is 81.7 Å². The van der Waals surface area contributed by atoms with Crippen molar-refractivity contribution >= 4 is 0 Å². The molecular weight excluding hydrogens is 160 g/mol. The second-order valence-corrected chi connectivity index (χ2v) is 2.23. The van der Waals surface area contributed by atoms with E-state index >= 15 is 0 Å². The summed E-state index contributed by atoms with van der Waals surface area (Å²) in [6, 6.07) is 10.3. The molecule has 0 N–H and O–H groups in total. The molecular formula is C12H20O. The van der Waals surface area contributed by atoms with Crippen molar-refractivity contribution in [1.29, 1.82) is 0 Å². The SMILES string of the molecule is CC.CC.c1ccc(C2CO2)cc1. The zero-order valence-corrected chi connectivity index (χ0v) is 9.08. The molecule has 1 atom stereocenters. The molecule has 13 heavy (non-hydrogen) atoms. The van der Waals surface area contributed by atoms with E-state index in [1.54, 1.807) is 0 Å². The Hall–Kier alpha value is -0.820. The van der Waals surface area contributed by atoms with Crippen molar-refractivity contribution < 1.29 is 4.74 Å². The van der Waals surface area contributed by atoms with E-state index in [0.29, 0.717) is 6.10 Å². The number of benzene rings is 1. The third kappa shape index (κ3) is 4.69. The van der Waals surface area contributed by atoms with Crippen LogP contribution in [0.15, 0.2) is 30.3 Å². The first-order valence-electron chi connectivity index (χ1n) is 5.13. The number of epoxide rings is 1. The van der Waals surface area contributed by atoms with Crippen LogP contribution in [0, 0.1) is 0 Å². The quantitative estimate of drug-likeness (QED) is 0.599. The number of ether oxygens (including phenoxy) is 1. The molecule has 1 aliphatic heterocycles. The van der Waals surface area contributed by atoms with Gasteiger partial charge in [-0.3, -0.25) is 0 Å². The lowest BCUT2D eigenvalue weighted by Crippen LogP contribution is -1.75. The maximum absolute atomic E-state index is 5.09. The summed E-state index contributed by atoms with van der Waals surface area (Å²) < 4.78 is 5.09. The summed E-state index contributed by atoms with van der Waals surface area (Å²) in [7, 11) is 0. The lowest BCUT2D eigenvalue weighted by molar-refractivity contribution is 0.415. The summed E-state index contributed by atoms with van der Waals surface area (Å²) in [5.74, 6) is 0. The van der Waals surface area contributed by atoms with Gasteiger partial charge in [-0.05, 0) is 5.56 Å². The average molecular weight is 180 g/mol. The molecule has 1 saturated heterocycles. The zero-order chi connectivity index (χ0) is 10.1. The highest BCUT2D eigenvalue weighted by atomic mass is 16.6. The van der Waals surface area contributed by atoms with Gasteiger partial charge in [0.1, 0.15) is 6.10 Å². The van der Waals surface area contributed by atoms with Crippen molar-refractivity contribution in [3.8, 4) is 0 Å². The molecule has 2 rings (SSSR count). The Balaban J connectivity index is 0.000000322. The van der Waals surface area contributed by atoms with E-state index in [4.69, 9.17) is 4.74 Å². The van der Waals surface area contributed by atoms with Crippen molar-refractivity contribution in [3.63, 3.8) is 0 Å². The molecule has 1 aliphatic rings. The van der Waals surface area contributed by atoms with E-state index in [-0.39, 0.29) is 0 Å². The number of hydrogen-bond acceptors (Lipinski definition) is 1. The molecule has 0 amide bonds. The Morgan fingerprint density at radius 1 is 1.00 bits per heavy atom. The minimum Gasteiger partial charge on any atom is -0.368 e. The standard InChI is InChI=1S/C8H8O.2C2H6/c1-2-4-7(5-3-1)8-6-9-8;2*1-2/h1-5,8H,6H2;2*1-2H3. The summed E-state index contributed by atoms with van der Waals surface area (Å²) in [5, 5.41) is 0. The molecule has 0 aliphatic carbocycles. The highest BCUT2D eigenvalue weighted by molar-refractivity contribution is 5.19. The number of rotatable bonds is 1. The van der Waals surface area contributed by atoms with Crippen molar-refractivity contribution in [3.05, 3.63) is 35.9 Å². The van der Waals surface area contributed by atoms with Crippen LogP contribution in [0.3, 0.4) is 0 Å². The maximum Gasteiger partial charge on any atom is 0.106 e. The third-order valence-electron chi connectivity index (χ3n) is 1.50. The summed E-state index contributed by atoms with van der Waals surface area (Å²) in [6.45, 7) is 8.91. The Morgan fingerprint density at radius 2 is 1.46 bits per heavy atom. The summed E-state index contributed by atoms with van der Waals surface area (Å²) in [6.07, 6.45) is 0.409. The van der Waals surface area contributed by atoms with Crippen LogP contribution in [0.4, 0.5) is 0 Å². The highest BCUT2D eigenvalue weighted by Crippen LogP contribution is 2.28. The summed E-state index contributed by atoms with van der Waals surface area (Å²) in [4.78, 5) is 0. The van der Waals surface area contributed by atoms with Crippen LogP contribution >= 0.6 is 0 Å². The van der Waals surface area contributed by atoms with Crippen LogP contribution in [0.1, 0.15) is 39.4 Å². The molecule has 1 unspecified atom stereocenters. The van der Waals surface area contributed by atoms with Crippen LogP contribution in [-0.2, 0) is 4.74 Å². The molecule has 1 nitrogen and oxygen atoms in total. The minimum absolute atomic E-state index is 0.409. The molecule has 1 aromatic carbocycles. The molecule has 1 heteroatoms. The largest absolute Gasteiger partial charge is 0.368 e. The topological polar surface area (TPSA) is 12.5 Å². The van der Waals surface area contributed by atoms with Gasteiger partial charge in [0.25, 0.3) is 0 Å². The normalized spacial score (nSPS) is 17.4. The summed E-state index contributed by atoms with van der Waals surface area (Å²) >= 11 is 0. The van der Waals surface area contributed by atoms with E-state index in [2.05, 4.69) is 12.1 Å².